The van der Waals surface area contributed by atoms with E-state index in [1.165, 1.54) is 21.0 Å². The molecule has 0 aromatic heterocycles. The third kappa shape index (κ3) is 11.3. The van der Waals surface area contributed by atoms with Crippen molar-refractivity contribution in [2.24, 2.45) is 21.7 Å². The second-order valence-electron chi connectivity index (χ2n) is 12.0. The Morgan fingerprint density at radius 2 is 1.15 bits per heavy atom. The van der Waals surface area contributed by atoms with E-state index < -0.39 is 51.6 Å². The van der Waals surface area contributed by atoms with Crippen LogP contribution in [0, 0.1) is 21.7 Å². The summed E-state index contributed by atoms with van der Waals surface area (Å²) in [5.41, 5.74) is -3.79. The Balaban J connectivity index is 5.27. The monoisotopic (exact) mass is 558 g/mol. The van der Waals surface area contributed by atoms with Crippen LogP contribution in [0.5, 0.6) is 0 Å². The molecule has 3 atom stereocenters. The van der Waals surface area contributed by atoms with E-state index >= 15 is 0 Å². The van der Waals surface area contributed by atoms with E-state index in [9.17, 15) is 24.0 Å². The minimum Gasteiger partial charge on any atom is -0.463 e. The molecule has 0 saturated heterocycles. The number of hydrogen-bond acceptors (Lipinski definition) is 10. The highest BCUT2D eigenvalue weighted by molar-refractivity contribution is 5.85. The molecule has 0 heterocycles. The first kappa shape index (κ1) is 36.5. The van der Waals surface area contributed by atoms with Crippen LogP contribution in [0.4, 0.5) is 0 Å². The number of methoxy groups -OCH3 is 1. The maximum atomic E-state index is 13.2. The molecule has 0 aromatic carbocycles. The number of esters is 4. The number of ketones is 1. The van der Waals surface area contributed by atoms with E-state index in [0.29, 0.717) is 12.8 Å². The summed E-state index contributed by atoms with van der Waals surface area (Å²) in [6, 6.07) is 0. The molecule has 0 spiro atoms. The first-order valence-electron chi connectivity index (χ1n) is 13.5. The number of hydrogen-bond donors (Lipinski definition) is 0. The van der Waals surface area contributed by atoms with Gasteiger partial charge in [-0.05, 0) is 74.1 Å². The summed E-state index contributed by atoms with van der Waals surface area (Å²) in [4.78, 5) is 63.0. The van der Waals surface area contributed by atoms with Crippen molar-refractivity contribution < 1.29 is 47.7 Å². The van der Waals surface area contributed by atoms with Gasteiger partial charge in [-0.2, -0.15) is 0 Å². The maximum Gasteiger partial charge on any atom is 0.347 e. The highest BCUT2D eigenvalue weighted by Crippen LogP contribution is 2.45. The molecule has 0 amide bonds. The topological polar surface area (TPSA) is 132 Å². The van der Waals surface area contributed by atoms with Gasteiger partial charge in [-0.1, -0.05) is 20.8 Å². The molecule has 10 nitrogen and oxygen atoms in total. The second kappa shape index (κ2) is 15.3. The third-order valence-corrected chi connectivity index (χ3v) is 7.42. The van der Waals surface area contributed by atoms with Gasteiger partial charge in [0.15, 0.2) is 6.10 Å². The first-order valence-corrected chi connectivity index (χ1v) is 13.5. The molecular weight excluding hydrogens is 508 g/mol. The molecule has 0 fully saturated rings. The Hall–Kier alpha value is -2.49. The average Bonchev–Trinajstić information content (AvgIpc) is 2.85. The lowest BCUT2D eigenvalue weighted by Gasteiger charge is -2.39. The van der Waals surface area contributed by atoms with Crippen molar-refractivity contribution in [1.82, 2.24) is 0 Å². The summed E-state index contributed by atoms with van der Waals surface area (Å²) in [6.07, 6.45) is 0.221. The lowest BCUT2D eigenvalue weighted by Crippen LogP contribution is -2.44. The molecular formula is C29H50O10. The van der Waals surface area contributed by atoms with Crippen LogP contribution in [0.1, 0.15) is 94.9 Å². The molecule has 0 rings (SSSR count). The van der Waals surface area contributed by atoms with Gasteiger partial charge in [0.1, 0.15) is 25.6 Å². The first-order chi connectivity index (χ1) is 17.8. The van der Waals surface area contributed by atoms with Gasteiger partial charge >= 0.3 is 23.9 Å². The van der Waals surface area contributed by atoms with Gasteiger partial charge in [0, 0.05) is 12.5 Å². The van der Waals surface area contributed by atoms with Gasteiger partial charge in [0.25, 0.3) is 0 Å². The highest BCUT2D eigenvalue weighted by Gasteiger charge is 2.48. The van der Waals surface area contributed by atoms with E-state index in [-0.39, 0.29) is 45.1 Å². The summed E-state index contributed by atoms with van der Waals surface area (Å²) >= 11 is 0. The predicted octanol–water partition coefficient (Wildman–Crippen LogP) is 4.45. The summed E-state index contributed by atoms with van der Waals surface area (Å²) in [5.74, 6) is -2.43. The van der Waals surface area contributed by atoms with Gasteiger partial charge in [0.2, 0.25) is 0 Å². The smallest absolute Gasteiger partial charge is 0.347 e. The summed E-state index contributed by atoms with van der Waals surface area (Å²) in [7, 11) is 1.49. The second-order valence-corrected chi connectivity index (χ2v) is 12.0. The molecule has 0 aliphatic rings. The lowest BCUT2D eigenvalue weighted by molar-refractivity contribution is -0.174. The Kier molecular flexibility index (Phi) is 14.4. The normalized spacial score (nSPS) is 15.8. The Morgan fingerprint density at radius 3 is 1.64 bits per heavy atom. The van der Waals surface area contributed by atoms with E-state index in [4.69, 9.17) is 23.7 Å². The van der Waals surface area contributed by atoms with Crippen LogP contribution in [0.3, 0.4) is 0 Å². The lowest BCUT2D eigenvalue weighted by atomic mass is 9.64. The van der Waals surface area contributed by atoms with Crippen LogP contribution in [0.15, 0.2) is 0 Å². The van der Waals surface area contributed by atoms with E-state index in [1.54, 1.807) is 41.5 Å². The molecule has 0 aliphatic heterocycles. The molecule has 226 valence electrons. The molecule has 39 heavy (non-hydrogen) atoms. The van der Waals surface area contributed by atoms with Crippen molar-refractivity contribution in [3.63, 3.8) is 0 Å². The van der Waals surface area contributed by atoms with E-state index in [2.05, 4.69) is 0 Å². The molecule has 0 saturated carbocycles. The zero-order valence-corrected chi connectivity index (χ0v) is 25.8. The molecule has 0 aromatic rings. The number of carbonyl (C=O) groups is 5. The predicted molar refractivity (Wildman–Crippen MR) is 145 cm³/mol. The van der Waals surface area contributed by atoms with Crippen LogP contribution < -0.4 is 0 Å². The SMILES string of the molecule is CCC(C)(C)C(=O)OC(C)C(=O)OCCOC(=O)C(C)(C)CC(C)(CC(C)(CC)C(C)=O)C(=O)OCCOC. The van der Waals surface area contributed by atoms with Crippen molar-refractivity contribution in [1.29, 1.82) is 0 Å². The van der Waals surface area contributed by atoms with Crippen LogP contribution >= 0.6 is 0 Å². The van der Waals surface area contributed by atoms with Crippen molar-refractivity contribution in [3.8, 4) is 0 Å². The summed E-state index contributed by atoms with van der Waals surface area (Å²) < 4.78 is 26.0. The van der Waals surface area contributed by atoms with Crippen LogP contribution in [-0.4, -0.2) is 69.3 Å². The fourth-order valence-corrected chi connectivity index (χ4v) is 4.11. The maximum absolute atomic E-state index is 13.2. The number of ether oxygens (including phenoxy) is 5. The third-order valence-electron chi connectivity index (χ3n) is 7.42. The molecule has 10 heteroatoms. The molecule has 0 radical (unpaired) electrons. The quantitative estimate of drug-likeness (QED) is 0.135. The summed E-state index contributed by atoms with van der Waals surface area (Å²) in [6.45, 7) is 16.7. The number of Topliss-reactive ketones (excluding diaryl/α,β-unsaturated/α-hetero) is 1. The summed E-state index contributed by atoms with van der Waals surface area (Å²) in [5, 5.41) is 0. The van der Waals surface area contributed by atoms with E-state index in [0.717, 1.165) is 0 Å². The Labute approximate surface area is 233 Å². The minimum absolute atomic E-state index is 0.0494. The van der Waals surface area contributed by atoms with Crippen LogP contribution in [-0.2, 0) is 47.7 Å². The van der Waals surface area contributed by atoms with Crippen LogP contribution in [0.25, 0.3) is 0 Å². The van der Waals surface area contributed by atoms with Gasteiger partial charge in [-0.25, -0.2) is 4.79 Å². The molecule has 0 N–H and O–H groups in total. The molecule has 0 bridgehead atoms. The van der Waals surface area contributed by atoms with E-state index in [1.807, 2.05) is 13.8 Å². The Bertz CT molecular complexity index is 862. The van der Waals surface area contributed by atoms with Gasteiger partial charge in [-0.3, -0.25) is 19.2 Å². The molecule has 0 aliphatic carbocycles. The number of rotatable bonds is 18. The van der Waals surface area contributed by atoms with Crippen molar-refractivity contribution >= 4 is 29.7 Å². The average molecular weight is 559 g/mol. The zero-order chi connectivity index (χ0) is 30.7. The van der Waals surface area contributed by atoms with Crippen molar-refractivity contribution in [2.75, 3.05) is 33.5 Å². The largest absolute Gasteiger partial charge is 0.463 e. The minimum atomic E-state index is -1.16. The van der Waals surface area contributed by atoms with Gasteiger partial charge in [0.05, 0.1) is 22.9 Å². The van der Waals surface area contributed by atoms with Gasteiger partial charge < -0.3 is 23.7 Å². The van der Waals surface area contributed by atoms with Crippen LogP contribution in [0.2, 0.25) is 0 Å². The zero-order valence-electron chi connectivity index (χ0n) is 25.8. The fraction of sp³-hybridized carbons (Fsp3) is 0.828. The highest BCUT2D eigenvalue weighted by atomic mass is 16.6. The van der Waals surface area contributed by atoms with Crippen molar-refractivity contribution in [3.05, 3.63) is 0 Å². The van der Waals surface area contributed by atoms with Crippen molar-refractivity contribution in [2.45, 2.75) is 101 Å². The fourth-order valence-electron chi connectivity index (χ4n) is 4.11. The van der Waals surface area contributed by atoms with Gasteiger partial charge in [-0.15, -0.1) is 0 Å². The number of carbonyl (C=O) groups excluding carboxylic acids is 5. The molecule has 3 unspecified atom stereocenters. The Morgan fingerprint density at radius 1 is 0.641 bits per heavy atom. The standard InChI is InChI=1S/C29H50O10/c1-12-26(5,6)24(33)39-20(3)22(31)36-16-17-37-23(32)27(7,8)18-29(10,25(34)38-15-14-35-11)19-28(9,13-2)21(4)30/h20H,12-19H2,1-11H3.